The van der Waals surface area contributed by atoms with Crippen molar-refractivity contribution in [3.05, 3.63) is 41.2 Å². The zero-order chi connectivity index (χ0) is 18.7. The minimum Gasteiger partial charge on any atom is -0.322 e. The van der Waals surface area contributed by atoms with Crippen molar-refractivity contribution in [1.82, 2.24) is 20.2 Å². The fraction of sp³-hybridized carbons (Fsp3) is 0.278. The summed E-state index contributed by atoms with van der Waals surface area (Å²) in [6.07, 6.45) is 4.96. The quantitative estimate of drug-likeness (QED) is 0.601. The van der Waals surface area contributed by atoms with Crippen LogP contribution < -0.4 is 10.6 Å². The van der Waals surface area contributed by atoms with Gasteiger partial charge in [0.2, 0.25) is 5.13 Å². The average Bonchev–Trinajstić information content (AvgIpc) is 3.08. The lowest BCUT2D eigenvalue weighted by Crippen LogP contribution is -2.72. The zero-order valence-electron chi connectivity index (χ0n) is 15.2. The molecule has 0 fully saturated rings. The molecule has 0 saturated heterocycles. The van der Waals surface area contributed by atoms with E-state index in [0.29, 0.717) is 10.9 Å². The lowest BCUT2D eigenvalue weighted by molar-refractivity contribution is -0.555. The van der Waals surface area contributed by atoms with Gasteiger partial charge in [-0.2, -0.15) is 0 Å². The second kappa shape index (κ2) is 7.27. The molecule has 3 heterocycles. The number of rotatable bonds is 5. The number of pyridine rings is 2. The highest BCUT2D eigenvalue weighted by atomic mass is 32.1. The number of allylic oxidation sites excluding steroid dienone is 1. The smallest absolute Gasteiger partial charge is 0.211 e. The molecule has 0 amide bonds. The SMILES string of the molecule is C[NH2+]/C=C(\C=N)c1cnc2ccc(Nc3nnc(C(C)(C)C)s3)nc2c1. The number of hydrogen-bond donors (Lipinski definition) is 3. The number of nitrogens with two attached hydrogens (primary N) is 1. The van der Waals surface area contributed by atoms with Gasteiger partial charge in [0, 0.05) is 23.4 Å². The predicted molar refractivity (Wildman–Crippen MR) is 106 cm³/mol. The highest BCUT2D eigenvalue weighted by molar-refractivity contribution is 7.15. The van der Waals surface area contributed by atoms with E-state index in [1.165, 1.54) is 17.6 Å². The van der Waals surface area contributed by atoms with Gasteiger partial charge < -0.3 is 16.0 Å². The first kappa shape index (κ1) is 18.1. The molecule has 4 N–H and O–H groups in total. The molecule has 0 bridgehead atoms. The molecule has 0 aliphatic heterocycles. The van der Waals surface area contributed by atoms with Gasteiger partial charge in [0.15, 0.2) is 0 Å². The van der Waals surface area contributed by atoms with Crippen LogP contribution in [-0.4, -0.2) is 33.4 Å². The molecule has 3 aromatic rings. The summed E-state index contributed by atoms with van der Waals surface area (Å²) in [5.74, 6) is 0.690. The Morgan fingerprint density at radius 2 is 2.04 bits per heavy atom. The van der Waals surface area contributed by atoms with Crippen LogP contribution in [0.5, 0.6) is 0 Å². The Bertz CT molecular complexity index is 969. The number of hydrogen-bond acceptors (Lipinski definition) is 7. The molecule has 8 heteroatoms. The molecule has 0 spiro atoms. The van der Waals surface area contributed by atoms with Crippen LogP contribution in [0, 0.1) is 5.41 Å². The maximum atomic E-state index is 7.56. The molecule has 3 aromatic heterocycles. The van der Waals surface area contributed by atoms with Crippen molar-refractivity contribution in [1.29, 1.82) is 5.41 Å². The van der Waals surface area contributed by atoms with E-state index in [1.807, 2.05) is 36.8 Å². The molecule has 0 aromatic carbocycles. The van der Waals surface area contributed by atoms with E-state index >= 15 is 0 Å². The van der Waals surface area contributed by atoms with Gasteiger partial charge in [0.25, 0.3) is 0 Å². The molecule has 3 rings (SSSR count). The average molecular weight is 368 g/mol. The van der Waals surface area contributed by atoms with Crippen molar-refractivity contribution in [2.45, 2.75) is 26.2 Å². The third-order valence-electron chi connectivity index (χ3n) is 3.67. The summed E-state index contributed by atoms with van der Waals surface area (Å²) >= 11 is 1.53. The Morgan fingerprint density at radius 3 is 2.69 bits per heavy atom. The monoisotopic (exact) mass is 368 g/mol. The minimum absolute atomic E-state index is 0.0287. The molecule has 0 unspecified atom stereocenters. The molecule has 0 aliphatic carbocycles. The van der Waals surface area contributed by atoms with Crippen LogP contribution in [0.15, 0.2) is 30.6 Å². The van der Waals surface area contributed by atoms with Gasteiger partial charge >= 0.3 is 0 Å². The lowest BCUT2D eigenvalue weighted by Gasteiger charge is -2.12. The van der Waals surface area contributed by atoms with E-state index in [2.05, 4.69) is 46.3 Å². The molecule has 0 aliphatic rings. The first-order valence-electron chi connectivity index (χ1n) is 8.29. The Labute approximate surface area is 156 Å². The molecule has 0 atom stereocenters. The number of quaternary nitrogens is 1. The third-order valence-corrected chi connectivity index (χ3v) is 4.94. The summed E-state index contributed by atoms with van der Waals surface area (Å²) in [7, 11) is 1.92. The zero-order valence-corrected chi connectivity index (χ0v) is 16.1. The van der Waals surface area contributed by atoms with Crippen LogP contribution in [0.3, 0.4) is 0 Å². The Morgan fingerprint density at radius 1 is 1.23 bits per heavy atom. The molecule has 26 heavy (non-hydrogen) atoms. The van der Waals surface area contributed by atoms with Gasteiger partial charge in [-0.05, 0) is 18.2 Å². The number of nitrogens with one attached hydrogen (secondary N) is 2. The number of anilines is 2. The summed E-state index contributed by atoms with van der Waals surface area (Å²) in [5, 5.41) is 22.8. The third kappa shape index (κ3) is 3.92. The number of aromatic nitrogens is 4. The maximum absolute atomic E-state index is 7.56. The van der Waals surface area contributed by atoms with Crippen LogP contribution in [0.2, 0.25) is 0 Å². The molecular weight excluding hydrogens is 346 g/mol. The van der Waals surface area contributed by atoms with Crippen LogP contribution >= 0.6 is 11.3 Å². The first-order chi connectivity index (χ1) is 12.4. The van der Waals surface area contributed by atoms with E-state index in [4.69, 9.17) is 5.41 Å². The summed E-state index contributed by atoms with van der Waals surface area (Å²) < 4.78 is 0. The van der Waals surface area contributed by atoms with Crippen molar-refractivity contribution in [3.63, 3.8) is 0 Å². The van der Waals surface area contributed by atoms with Gasteiger partial charge in [-0.1, -0.05) is 32.1 Å². The van der Waals surface area contributed by atoms with Gasteiger partial charge in [0.05, 0.1) is 23.7 Å². The Balaban J connectivity index is 1.91. The van der Waals surface area contributed by atoms with Crippen molar-refractivity contribution in [2.75, 3.05) is 12.4 Å². The predicted octanol–water partition coefficient (Wildman–Crippen LogP) is 2.71. The van der Waals surface area contributed by atoms with E-state index in [-0.39, 0.29) is 5.41 Å². The molecule has 7 nitrogen and oxygen atoms in total. The van der Waals surface area contributed by atoms with Crippen molar-refractivity contribution in [2.24, 2.45) is 0 Å². The normalized spacial score (nSPS) is 12.4. The summed E-state index contributed by atoms with van der Waals surface area (Å²) in [4.78, 5) is 9.08. The number of fused-ring (bicyclic) bond motifs is 1. The fourth-order valence-corrected chi connectivity index (χ4v) is 3.14. The summed E-state index contributed by atoms with van der Waals surface area (Å²) in [6.45, 7) is 6.34. The van der Waals surface area contributed by atoms with Crippen LogP contribution in [-0.2, 0) is 5.41 Å². The highest BCUT2D eigenvalue weighted by Crippen LogP contribution is 2.29. The van der Waals surface area contributed by atoms with Crippen LogP contribution in [0.4, 0.5) is 10.9 Å². The molecule has 0 saturated carbocycles. The first-order valence-corrected chi connectivity index (χ1v) is 9.10. The van der Waals surface area contributed by atoms with Gasteiger partial charge in [-0.15, -0.1) is 10.2 Å². The molecular formula is C18H22N7S+. The standard InChI is InChI=1S/C18H21N7S/c1-18(2,3)16-24-25-17(26-16)23-15-6-5-13-14(22-15)7-11(10-21-13)12(8-19)9-20-4/h5-10,19-20H,1-4H3,(H,22,23,25)/p+1/b12-9+,19-8?. The molecule has 0 radical (unpaired) electrons. The maximum Gasteiger partial charge on any atom is 0.211 e. The second-order valence-corrected chi connectivity index (χ2v) is 7.82. The Kier molecular flexibility index (Phi) is 5.06. The topological polar surface area (TPSA) is 104 Å². The van der Waals surface area contributed by atoms with Crippen molar-refractivity contribution >= 4 is 45.1 Å². The van der Waals surface area contributed by atoms with E-state index in [9.17, 15) is 0 Å². The summed E-state index contributed by atoms with van der Waals surface area (Å²) in [5.41, 5.74) is 3.19. The van der Waals surface area contributed by atoms with Crippen LogP contribution in [0.1, 0.15) is 31.3 Å². The van der Waals surface area contributed by atoms with E-state index in [1.54, 1.807) is 6.20 Å². The second-order valence-electron chi connectivity index (χ2n) is 6.85. The fourth-order valence-electron chi connectivity index (χ4n) is 2.33. The van der Waals surface area contributed by atoms with Crippen molar-refractivity contribution < 1.29 is 5.32 Å². The summed E-state index contributed by atoms with van der Waals surface area (Å²) in [6, 6.07) is 5.73. The largest absolute Gasteiger partial charge is 0.322 e. The van der Waals surface area contributed by atoms with Gasteiger partial charge in [-0.3, -0.25) is 4.98 Å². The lowest BCUT2D eigenvalue weighted by atomic mass is 9.98. The van der Waals surface area contributed by atoms with E-state index < -0.39 is 0 Å². The van der Waals surface area contributed by atoms with Gasteiger partial charge in [0.1, 0.15) is 17.0 Å². The minimum atomic E-state index is -0.0287. The van der Waals surface area contributed by atoms with Crippen molar-refractivity contribution in [3.8, 4) is 0 Å². The van der Waals surface area contributed by atoms with Gasteiger partial charge in [-0.25, -0.2) is 4.98 Å². The van der Waals surface area contributed by atoms with E-state index in [0.717, 1.165) is 27.2 Å². The highest BCUT2D eigenvalue weighted by Gasteiger charge is 2.19. The number of nitrogens with zero attached hydrogens (tertiary/aromatic N) is 4. The molecule has 134 valence electrons. The Hall–Kier alpha value is -2.71. The van der Waals surface area contributed by atoms with Crippen LogP contribution in [0.25, 0.3) is 16.6 Å².